The smallest absolute Gasteiger partial charge is 0.220 e. The molecule has 2 rings (SSSR count). The molecule has 0 aromatic carbocycles. The van der Waals surface area contributed by atoms with E-state index in [-0.39, 0.29) is 11.4 Å². The molecular weight excluding hydrogens is 240 g/mol. The second-order valence-corrected chi connectivity index (χ2v) is 6.16. The molecule has 1 aliphatic heterocycles. The van der Waals surface area contributed by atoms with Gasteiger partial charge in [0, 0.05) is 31.6 Å². The summed E-state index contributed by atoms with van der Waals surface area (Å²) < 4.78 is 5.37. The molecule has 0 spiro atoms. The molecule has 1 atom stereocenters. The van der Waals surface area contributed by atoms with Crippen LogP contribution in [0.5, 0.6) is 0 Å². The molecular formula is C15H26N2O2. The first-order chi connectivity index (χ1) is 9.08. The third-order valence-corrected chi connectivity index (χ3v) is 4.15. The number of ether oxygens (including phenoxy) is 1. The largest absolute Gasteiger partial charge is 0.379 e. The molecule has 1 heterocycles. The van der Waals surface area contributed by atoms with Crippen LogP contribution < -0.4 is 5.32 Å². The van der Waals surface area contributed by atoms with Crippen molar-refractivity contribution in [3.8, 4) is 0 Å². The van der Waals surface area contributed by atoms with Gasteiger partial charge in [-0.05, 0) is 32.6 Å². The Morgan fingerprint density at radius 1 is 1.42 bits per heavy atom. The second kappa shape index (κ2) is 6.53. The molecule has 4 heteroatoms. The number of hydrogen-bond donors (Lipinski definition) is 1. The van der Waals surface area contributed by atoms with E-state index in [1.807, 2.05) is 0 Å². The van der Waals surface area contributed by atoms with Crippen LogP contribution in [0.4, 0.5) is 0 Å². The van der Waals surface area contributed by atoms with Crippen LogP contribution in [0.15, 0.2) is 12.2 Å². The maximum atomic E-state index is 11.9. The average Bonchev–Trinajstić information content (AvgIpc) is 2.90. The van der Waals surface area contributed by atoms with Crippen LogP contribution in [-0.4, -0.2) is 49.2 Å². The van der Waals surface area contributed by atoms with E-state index in [1.165, 1.54) is 0 Å². The first-order valence-electron chi connectivity index (χ1n) is 7.34. The SMILES string of the molecule is CC(C)(CNC(=O)C[C@@H]1C=CCC1)N1CCOCC1. The van der Waals surface area contributed by atoms with Gasteiger partial charge in [-0.15, -0.1) is 0 Å². The van der Waals surface area contributed by atoms with E-state index in [1.54, 1.807) is 0 Å². The molecule has 1 saturated heterocycles. The number of amides is 1. The van der Waals surface area contributed by atoms with Gasteiger partial charge in [-0.25, -0.2) is 0 Å². The van der Waals surface area contributed by atoms with Crippen LogP contribution in [0.25, 0.3) is 0 Å². The first-order valence-corrected chi connectivity index (χ1v) is 7.34. The summed E-state index contributed by atoms with van der Waals surface area (Å²) in [6.45, 7) is 8.58. The molecule has 0 aromatic heterocycles. The number of nitrogens with one attached hydrogen (secondary N) is 1. The average molecular weight is 266 g/mol. The Balaban J connectivity index is 1.73. The molecule has 1 fully saturated rings. The highest BCUT2D eigenvalue weighted by Crippen LogP contribution is 2.20. The highest BCUT2D eigenvalue weighted by Gasteiger charge is 2.28. The number of morpholine rings is 1. The van der Waals surface area contributed by atoms with E-state index in [0.29, 0.717) is 18.9 Å². The number of carbonyl (C=O) groups excluding carboxylic acids is 1. The summed E-state index contributed by atoms with van der Waals surface area (Å²) in [7, 11) is 0. The van der Waals surface area contributed by atoms with Gasteiger partial charge < -0.3 is 10.1 Å². The molecule has 0 bridgehead atoms. The predicted octanol–water partition coefficient (Wildman–Crippen LogP) is 1.57. The second-order valence-electron chi connectivity index (χ2n) is 6.16. The molecule has 108 valence electrons. The van der Waals surface area contributed by atoms with Gasteiger partial charge in [-0.3, -0.25) is 9.69 Å². The third-order valence-electron chi connectivity index (χ3n) is 4.15. The van der Waals surface area contributed by atoms with Gasteiger partial charge in [0.15, 0.2) is 0 Å². The third kappa shape index (κ3) is 4.32. The van der Waals surface area contributed by atoms with Crippen molar-refractivity contribution in [2.45, 2.75) is 38.6 Å². The summed E-state index contributed by atoms with van der Waals surface area (Å²) in [4.78, 5) is 14.3. The monoisotopic (exact) mass is 266 g/mol. The summed E-state index contributed by atoms with van der Waals surface area (Å²) in [5.74, 6) is 0.629. The van der Waals surface area contributed by atoms with E-state index in [9.17, 15) is 4.79 Å². The van der Waals surface area contributed by atoms with Crippen molar-refractivity contribution in [2.75, 3.05) is 32.8 Å². The van der Waals surface area contributed by atoms with Crippen molar-refractivity contribution in [1.29, 1.82) is 0 Å². The summed E-state index contributed by atoms with van der Waals surface area (Å²) in [6, 6.07) is 0. The fourth-order valence-corrected chi connectivity index (χ4v) is 2.77. The van der Waals surface area contributed by atoms with E-state index in [4.69, 9.17) is 4.74 Å². The Kier molecular flexibility index (Phi) is 4.99. The van der Waals surface area contributed by atoms with Crippen LogP contribution >= 0.6 is 0 Å². The lowest BCUT2D eigenvalue weighted by Gasteiger charge is -2.40. The standard InChI is InChI=1S/C15H26N2O2/c1-15(2,17-7-9-19-10-8-17)12-16-14(18)11-13-5-3-4-6-13/h3,5,13H,4,6-12H2,1-2H3,(H,16,18)/t13-/m1/s1. The van der Waals surface area contributed by atoms with Gasteiger partial charge in [0.2, 0.25) is 5.91 Å². The van der Waals surface area contributed by atoms with Crippen molar-refractivity contribution < 1.29 is 9.53 Å². The summed E-state index contributed by atoms with van der Waals surface area (Å²) in [5.41, 5.74) is 0.00492. The lowest BCUT2D eigenvalue weighted by atomic mass is 10.0. The summed E-state index contributed by atoms with van der Waals surface area (Å²) in [5, 5.41) is 3.09. The Morgan fingerprint density at radius 2 is 2.16 bits per heavy atom. The molecule has 2 aliphatic rings. The van der Waals surface area contributed by atoms with E-state index in [2.05, 4.69) is 36.2 Å². The number of nitrogens with zero attached hydrogens (tertiary/aromatic N) is 1. The van der Waals surface area contributed by atoms with Crippen LogP contribution in [0.3, 0.4) is 0 Å². The lowest BCUT2D eigenvalue weighted by molar-refractivity contribution is -0.122. The molecule has 1 aliphatic carbocycles. The zero-order valence-electron chi connectivity index (χ0n) is 12.2. The van der Waals surface area contributed by atoms with Crippen LogP contribution in [0.2, 0.25) is 0 Å². The number of rotatable bonds is 5. The van der Waals surface area contributed by atoms with Crippen molar-refractivity contribution in [1.82, 2.24) is 10.2 Å². The lowest BCUT2D eigenvalue weighted by Crippen LogP contribution is -2.55. The highest BCUT2D eigenvalue weighted by atomic mass is 16.5. The molecule has 0 radical (unpaired) electrons. The number of hydrogen-bond acceptors (Lipinski definition) is 3. The molecule has 0 unspecified atom stereocenters. The van der Waals surface area contributed by atoms with Gasteiger partial charge in [0.1, 0.15) is 0 Å². The Morgan fingerprint density at radius 3 is 2.79 bits per heavy atom. The van der Waals surface area contributed by atoms with Crippen molar-refractivity contribution in [2.24, 2.45) is 5.92 Å². The first kappa shape index (κ1) is 14.5. The molecule has 1 N–H and O–H groups in total. The zero-order chi connectivity index (χ0) is 13.7. The van der Waals surface area contributed by atoms with Gasteiger partial charge in [-0.1, -0.05) is 12.2 Å². The minimum absolute atomic E-state index is 0.00492. The van der Waals surface area contributed by atoms with Crippen LogP contribution in [0.1, 0.15) is 33.1 Å². The zero-order valence-corrected chi connectivity index (χ0v) is 12.2. The van der Waals surface area contributed by atoms with Gasteiger partial charge in [-0.2, -0.15) is 0 Å². The van der Waals surface area contributed by atoms with E-state index in [0.717, 1.165) is 39.1 Å². The quantitative estimate of drug-likeness (QED) is 0.768. The fourth-order valence-electron chi connectivity index (χ4n) is 2.77. The minimum Gasteiger partial charge on any atom is -0.379 e. The molecule has 19 heavy (non-hydrogen) atoms. The molecule has 4 nitrogen and oxygen atoms in total. The van der Waals surface area contributed by atoms with E-state index >= 15 is 0 Å². The Labute approximate surface area is 116 Å². The van der Waals surface area contributed by atoms with Crippen LogP contribution in [-0.2, 0) is 9.53 Å². The maximum absolute atomic E-state index is 11.9. The highest BCUT2D eigenvalue weighted by molar-refractivity contribution is 5.76. The van der Waals surface area contributed by atoms with Crippen molar-refractivity contribution >= 4 is 5.91 Å². The molecule has 0 aromatic rings. The Bertz CT molecular complexity index is 333. The molecule has 0 saturated carbocycles. The van der Waals surface area contributed by atoms with Crippen molar-refractivity contribution in [3.63, 3.8) is 0 Å². The summed E-state index contributed by atoms with van der Waals surface area (Å²) in [6.07, 6.45) is 7.23. The molecule has 1 amide bonds. The number of carbonyl (C=O) groups is 1. The maximum Gasteiger partial charge on any atom is 0.220 e. The van der Waals surface area contributed by atoms with Crippen molar-refractivity contribution in [3.05, 3.63) is 12.2 Å². The normalized spacial score (nSPS) is 24.6. The predicted molar refractivity (Wildman–Crippen MR) is 76.0 cm³/mol. The topological polar surface area (TPSA) is 41.6 Å². The van der Waals surface area contributed by atoms with Crippen LogP contribution in [0, 0.1) is 5.92 Å². The van der Waals surface area contributed by atoms with E-state index < -0.39 is 0 Å². The fraction of sp³-hybridized carbons (Fsp3) is 0.800. The van der Waals surface area contributed by atoms with Gasteiger partial charge >= 0.3 is 0 Å². The minimum atomic E-state index is 0.00492. The Hall–Kier alpha value is -0.870. The number of allylic oxidation sites excluding steroid dienone is 2. The van der Waals surface area contributed by atoms with Gasteiger partial charge in [0.05, 0.1) is 13.2 Å². The van der Waals surface area contributed by atoms with Gasteiger partial charge in [0.25, 0.3) is 0 Å². The summed E-state index contributed by atoms with van der Waals surface area (Å²) >= 11 is 0.